The van der Waals surface area contributed by atoms with Crippen LogP contribution in [-0.4, -0.2) is 35.3 Å². The molecule has 2 aromatic rings. The maximum atomic E-state index is 13.1. The van der Waals surface area contributed by atoms with Crippen LogP contribution in [0, 0.1) is 0 Å². The van der Waals surface area contributed by atoms with E-state index in [1.807, 2.05) is 4.90 Å². The van der Waals surface area contributed by atoms with Crippen molar-refractivity contribution >= 4 is 23.2 Å². The van der Waals surface area contributed by atoms with Crippen LogP contribution in [0.2, 0.25) is 0 Å². The van der Waals surface area contributed by atoms with Crippen molar-refractivity contribution < 1.29 is 9.59 Å². The van der Waals surface area contributed by atoms with E-state index in [1.54, 1.807) is 17.5 Å². The lowest BCUT2D eigenvalue weighted by Gasteiger charge is -2.29. The molecular weight excluding hydrogens is 350 g/mol. The van der Waals surface area contributed by atoms with Crippen molar-refractivity contribution in [1.82, 2.24) is 15.2 Å². The van der Waals surface area contributed by atoms with E-state index in [4.69, 9.17) is 0 Å². The lowest BCUT2D eigenvalue weighted by molar-refractivity contribution is 0.0738. The van der Waals surface area contributed by atoms with Gasteiger partial charge in [0.05, 0.1) is 4.88 Å². The van der Waals surface area contributed by atoms with Gasteiger partial charge in [-0.2, -0.15) is 0 Å². The molecule has 0 fully saturated rings. The van der Waals surface area contributed by atoms with Gasteiger partial charge < -0.3 is 15.2 Å². The van der Waals surface area contributed by atoms with Crippen LogP contribution < -0.4 is 10.9 Å². The number of hydrogen-bond acceptors (Lipinski definition) is 4. The molecule has 0 spiro atoms. The largest absolute Gasteiger partial charge is 0.355 e. The van der Waals surface area contributed by atoms with Crippen LogP contribution in [-0.2, 0) is 25.8 Å². The summed E-state index contributed by atoms with van der Waals surface area (Å²) in [5.74, 6) is -0.313. The van der Waals surface area contributed by atoms with Crippen molar-refractivity contribution in [2.24, 2.45) is 0 Å². The van der Waals surface area contributed by atoms with Gasteiger partial charge in [-0.3, -0.25) is 14.4 Å². The van der Waals surface area contributed by atoms with Crippen LogP contribution >= 0.6 is 11.3 Å². The molecule has 0 saturated heterocycles. The highest BCUT2D eigenvalue weighted by molar-refractivity contribution is 7.12. The number of H-pyrrole nitrogens is 1. The second kappa shape index (κ2) is 6.72. The fourth-order valence-corrected chi connectivity index (χ4v) is 5.07. The highest BCUT2D eigenvalue weighted by Gasteiger charge is 2.29. The molecule has 2 amide bonds. The van der Waals surface area contributed by atoms with E-state index in [1.165, 1.54) is 24.6 Å². The minimum absolute atomic E-state index is 0.0662. The average Bonchev–Trinajstić information content (AvgIpc) is 3.10. The third-order valence-corrected chi connectivity index (χ3v) is 6.39. The summed E-state index contributed by atoms with van der Waals surface area (Å²) in [5.41, 5.74) is 3.94. The molecule has 3 heterocycles. The first-order valence-electron chi connectivity index (χ1n) is 8.94. The molecule has 2 aliphatic rings. The van der Waals surface area contributed by atoms with Crippen molar-refractivity contribution in [3.63, 3.8) is 0 Å². The van der Waals surface area contributed by atoms with Gasteiger partial charge in [0.2, 0.25) is 0 Å². The first-order chi connectivity index (χ1) is 12.6. The summed E-state index contributed by atoms with van der Waals surface area (Å²) in [5, 5.41) is 4.65. The molecule has 7 heteroatoms. The molecule has 2 N–H and O–H groups in total. The zero-order chi connectivity index (χ0) is 18.3. The molecule has 1 aliphatic heterocycles. The molecule has 0 bridgehead atoms. The SMILES string of the molecule is CNC(=O)c1c2c(c[nH]c1=O)CN(C(=O)c1scc3c1CCCC3)CC2. The Morgan fingerprint density at radius 2 is 1.96 bits per heavy atom. The van der Waals surface area contributed by atoms with Crippen molar-refractivity contribution in [1.29, 1.82) is 0 Å². The molecule has 0 saturated carbocycles. The first-order valence-corrected chi connectivity index (χ1v) is 9.82. The summed E-state index contributed by atoms with van der Waals surface area (Å²) >= 11 is 1.55. The third-order valence-electron chi connectivity index (χ3n) is 5.33. The maximum absolute atomic E-state index is 13.1. The van der Waals surface area contributed by atoms with Crippen molar-refractivity contribution in [3.05, 3.63) is 54.6 Å². The number of aromatic nitrogens is 1. The summed E-state index contributed by atoms with van der Waals surface area (Å²) in [4.78, 5) is 42.5. The fraction of sp³-hybridized carbons (Fsp3) is 0.421. The van der Waals surface area contributed by atoms with Gasteiger partial charge in [0.15, 0.2) is 0 Å². The highest BCUT2D eigenvalue weighted by atomic mass is 32.1. The Labute approximate surface area is 155 Å². The Hall–Kier alpha value is -2.41. The maximum Gasteiger partial charge on any atom is 0.264 e. The molecule has 136 valence electrons. The van der Waals surface area contributed by atoms with Crippen LogP contribution in [0.25, 0.3) is 0 Å². The number of amides is 2. The van der Waals surface area contributed by atoms with Gasteiger partial charge >= 0.3 is 0 Å². The molecule has 0 aromatic carbocycles. The molecule has 26 heavy (non-hydrogen) atoms. The molecule has 0 unspecified atom stereocenters. The number of carbonyl (C=O) groups excluding carboxylic acids is 2. The lowest BCUT2D eigenvalue weighted by Crippen LogP contribution is -2.39. The molecular formula is C19H21N3O3S. The molecule has 4 rings (SSSR count). The van der Waals surface area contributed by atoms with Gasteiger partial charge in [-0.25, -0.2) is 0 Å². The Kier molecular flexibility index (Phi) is 4.40. The Morgan fingerprint density at radius 3 is 2.77 bits per heavy atom. The van der Waals surface area contributed by atoms with E-state index in [9.17, 15) is 14.4 Å². The molecule has 1 aliphatic carbocycles. The number of thiophene rings is 1. The monoisotopic (exact) mass is 371 g/mol. The van der Waals surface area contributed by atoms with E-state index in [0.29, 0.717) is 19.5 Å². The van der Waals surface area contributed by atoms with Crippen molar-refractivity contribution in [2.45, 2.75) is 38.6 Å². The lowest BCUT2D eigenvalue weighted by atomic mass is 9.93. The van der Waals surface area contributed by atoms with E-state index in [2.05, 4.69) is 15.7 Å². The number of nitrogens with zero attached hydrogens (tertiary/aromatic N) is 1. The van der Waals surface area contributed by atoms with Crippen molar-refractivity contribution in [3.8, 4) is 0 Å². The van der Waals surface area contributed by atoms with Gasteiger partial charge in [0.25, 0.3) is 17.4 Å². The summed E-state index contributed by atoms with van der Waals surface area (Å²) in [6.45, 7) is 0.938. The van der Waals surface area contributed by atoms with Gasteiger partial charge in [0.1, 0.15) is 5.56 Å². The van der Waals surface area contributed by atoms with Gasteiger partial charge in [-0.05, 0) is 59.7 Å². The van der Waals surface area contributed by atoms with Crippen LogP contribution in [0.15, 0.2) is 16.4 Å². The van der Waals surface area contributed by atoms with E-state index in [-0.39, 0.29) is 22.9 Å². The zero-order valence-corrected chi connectivity index (χ0v) is 15.5. The highest BCUT2D eigenvalue weighted by Crippen LogP contribution is 2.32. The Bertz CT molecular complexity index is 944. The van der Waals surface area contributed by atoms with E-state index >= 15 is 0 Å². The Morgan fingerprint density at radius 1 is 1.15 bits per heavy atom. The third kappa shape index (κ3) is 2.76. The zero-order valence-electron chi connectivity index (χ0n) is 14.7. The molecule has 0 radical (unpaired) electrons. The first kappa shape index (κ1) is 17.0. The van der Waals surface area contributed by atoms with Crippen LogP contribution in [0.5, 0.6) is 0 Å². The molecule has 6 nitrogen and oxygen atoms in total. The van der Waals surface area contributed by atoms with Gasteiger partial charge in [0, 0.05) is 26.3 Å². The van der Waals surface area contributed by atoms with Crippen molar-refractivity contribution in [2.75, 3.05) is 13.6 Å². The predicted octanol–water partition coefficient (Wildman–Crippen LogP) is 1.87. The standard InChI is InChI=1S/C19H21N3O3S/c1-20-17(23)15-13-6-7-22(9-12(13)8-21-18(15)24)19(25)16-14-5-3-2-4-11(14)10-26-16/h8,10H,2-7,9H2,1H3,(H,20,23)(H,21,24). The number of pyridine rings is 1. The van der Waals surface area contributed by atoms with Gasteiger partial charge in [-0.15, -0.1) is 11.3 Å². The second-order valence-electron chi connectivity index (χ2n) is 6.83. The number of aryl methyl sites for hydroxylation is 1. The van der Waals surface area contributed by atoms with E-state index < -0.39 is 0 Å². The minimum atomic E-state index is -0.379. The summed E-state index contributed by atoms with van der Waals surface area (Å²) < 4.78 is 0. The van der Waals surface area contributed by atoms with E-state index in [0.717, 1.165) is 35.3 Å². The topological polar surface area (TPSA) is 82.3 Å². The predicted molar refractivity (Wildman–Crippen MR) is 99.9 cm³/mol. The summed E-state index contributed by atoms with van der Waals surface area (Å²) in [7, 11) is 1.51. The number of fused-ring (bicyclic) bond motifs is 2. The summed E-state index contributed by atoms with van der Waals surface area (Å²) in [6.07, 6.45) is 6.54. The number of nitrogens with one attached hydrogen (secondary N) is 2. The smallest absolute Gasteiger partial charge is 0.264 e. The average molecular weight is 371 g/mol. The summed E-state index contributed by atoms with van der Waals surface area (Å²) in [6, 6.07) is 0. The number of hydrogen-bond donors (Lipinski definition) is 2. The number of rotatable bonds is 2. The van der Waals surface area contributed by atoms with Gasteiger partial charge in [-0.1, -0.05) is 0 Å². The number of carbonyl (C=O) groups is 2. The molecule has 0 atom stereocenters. The minimum Gasteiger partial charge on any atom is -0.355 e. The van der Waals surface area contributed by atoms with Crippen LogP contribution in [0.4, 0.5) is 0 Å². The fourth-order valence-electron chi connectivity index (χ4n) is 3.95. The second-order valence-corrected chi connectivity index (χ2v) is 7.71. The Balaban J connectivity index is 1.63. The van der Waals surface area contributed by atoms with Crippen LogP contribution in [0.3, 0.4) is 0 Å². The normalized spacial score (nSPS) is 16.0. The molecule has 2 aromatic heterocycles. The number of aromatic amines is 1. The quantitative estimate of drug-likeness (QED) is 0.846. The van der Waals surface area contributed by atoms with Crippen LogP contribution in [0.1, 0.15) is 55.1 Å².